The Morgan fingerprint density at radius 1 is 1.71 bits per heavy atom. The van der Waals surface area contributed by atoms with Gasteiger partial charge in [0.15, 0.2) is 0 Å². The van der Waals surface area contributed by atoms with E-state index in [2.05, 4.69) is 23.4 Å². The van der Waals surface area contributed by atoms with Crippen LogP contribution in [0.2, 0.25) is 0 Å². The summed E-state index contributed by atoms with van der Waals surface area (Å²) in [6.45, 7) is 4.41. The van der Waals surface area contributed by atoms with Gasteiger partial charge in [-0.3, -0.25) is 0 Å². The fraction of sp³-hybridized carbons (Fsp3) is 0.455. The minimum absolute atomic E-state index is 0.212. The van der Waals surface area contributed by atoms with Gasteiger partial charge in [0.05, 0.1) is 6.54 Å². The highest BCUT2D eigenvalue weighted by Crippen LogP contribution is 2.29. The normalized spacial score (nSPS) is 20.6. The van der Waals surface area contributed by atoms with Gasteiger partial charge in [0, 0.05) is 23.0 Å². The van der Waals surface area contributed by atoms with Gasteiger partial charge in [0.25, 0.3) is 0 Å². The van der Waals surface area contributed by atoms with Crippen molar-refractivity contribution in [1.29, 1.82) is 0 Å². The molecule has 0 amide bonds. The summed E-state index contributed by atoms with van der Waals surface area (Å²) >= 11 is 5.80. The zero-order valence-electron chi connectivity index (χ0n) is 8.17. The number of nitrogens with zero attached hydrogens (tertiary/aromatic N) is 1. The van der Waals surface area contributed by atoms with E-state index in [1.165, 1.54) is 17.7 Å². The molecule has 0 bridgehead atoms. The number of nitrogens with two attached hydrogens (primary N) is 1. The average molecular weight is 211 g/mol. The second-order valence-electron chi connectivity index (χ2n) is 3.86. The Kier molecular flexibility index (Phi) is 2.66. The molecule has 1 unspecified atom stereocenters. The first-order valence-electron chi connectivity index (χ1n) is 4.95. The van der Waals surface area contributed by atoms with Crippen LogP contribution in [-0.4, -0.2) is 4.57 Å². The quantitative estimate of drug-likeness (QED) is 0.799. The number of allylic oxidation sites excluding steroid dienone is 1. The molecule has 1 heterocycles. The van der Waals surface area contributed by atoms with Crippen LogP contribution in [0.4, 0.5) is 0 Å². The van der Waals surface area contributed by atoms with Crippen LogP contribution in [0.3, 0.4) is 0 Å². The average Bonchev–Trinajstić information content (AvgIpc) is 2.49. The molecular weight excluding hydrogens is 196 g/mol. The van der Waals surface area contributed by atoms with Crippen LogP contribution in [0.1, 0.15) is 30.1 Å². The van der Waals surface area contributed by atoms with Gasteiger partial charge in [-0.2, -0.15) is 0 Å². The van der Waals surface area contributed by atoms with Crippen molar-refractivity contribution in [3.8, 4) is 0 Å². The highest BCUT2D eigenvalue weighted by molar-refractivity contribution is 6.29. The van der Waals surface area contributed by atoms with Crippen LogP contribution in [0.5, 0.6) is 0 Å². The van der Waals surface area contributed by atoms with E-state index in [0.29, 0.717) is 11.6 Å². The third kappa shape index (κ3) is 1.72. The van der Waals surface area contributed by atoms with Crippen molar-refractivity contribution in [2.75, 3.05) is 0 Å². The fourth-order valence-corrected chi connectivity index (χ4v) is 2.25. The lowest BCUT2D eigenvalue weighted by atomic mass is 9.94. The first-order valence-corrected chi connectivity index (χ1v) is 5.33. The Labute approximate surface area is 89.4 Å². The van der Waals surface area contributed by atoms with Gasteiger partial charge in [-0.25, -0.2) is 0 Å². The van der Waals surface area contributed by atoms with E-state index in [0.717, 1.165) is 12.8 Å². The van der Waals surface area contributed by atoms with Crippen LogP contribution in [0.15, 0.2) is 23.9 Å². The molecule has 1 aliphatic carbocycles. The minimum atomic E-state index is 0.212. The molecule has 0 spiro atoms. The van der Waals surface area contributed by atoms with Crippen molar-refractivity contribution in [2.45, 2.75) is 31.8 Å². The third-order valence-electron chi connectivity index (χ3n) is 2.78. The summed E-state index contributed by atoms with van der Waals surface area (Å²) in [6, 6.07) is 2.32. The molecule has 0 fully saturated rings. The van der Waals surface area contributed by atoms with E-state index in [1.807, 2.05) is 0 Å². The summed E-state index contributed by atoms with van der Waals surface area (Å²) in [5, 5.41) is 0.669. The van der Waals surface area contributed by atoms with E-state index in [-0.39, 0.29) is 6.04 Å². The summed E-state index contributed by atoms with van der Waals surface area (Å²) in [6.07, 6.45) is 5.44. The molecule has 1 aliphatic rings. The first-order chi connectivity index (χ1) is 6.68. The number of rotatable bonds is 2. The SMILES string of the molecule is C=C(Cl)Cn1ccc2c1CCCC2N. The molecule has 2 rings (SSSR count). The van der Waals surface area contributed by atoms with Crippen LogP contribution in [0.25, 0.3) is 0 Å². The van der Waals surface area contributed by atoms with E-state index in [9.17, 15) is 0 Å². The topological polar surface area (TPSA) is 30.9 Å². The Morgan fingerprint density at radius 2 is 2.50 bits per heavy atom. The summed E-state index contributed by atoms with van der Waals surface area (Å²) in [5.74, 6) is 0. The largest absolute Gasteiger partial charge is 0.346 e. The van der Waals surface area contributed by atoms with Gasteiger partial charge < -0.3 is 10.3 Å². The molecule has 0 radical (unpaired) electrons. The van der Waals surface area contributed by atoms with Gasteiger partial charge >= 0.3 is 0 Å². The van der Waals surface area contributed by atoms with Gasteiger partial charge in [-0.05, 0) is 30.9 Å². The molecule has 1 aromatic heterocycles. The molecule has 2 N–H and O–H groups in total. The molecule has 2 nitrogen and oxygen atoms in total. The third-order valence-corrected chi connectivity index (χ3v) is 2.90. The van der Waals surface area contributed by atoms with Gasteiger partial charge in [-0.1, -0.05) is 18.2 Å². The van der Waals surface area contributed by atoms with Gasteiger partial charge in [-0.15, -0.1) is 0 Å². The number of fused-ring (bicyclic) bond motifs is 1. The standard InChI is InChI=1S/C11H15ClN2/c1-8(12)7-14-6-5-9-10(13)3-2-4-11(9)14/h5-6,10H,1-4,7,13H2. The molecular formula is C11H15ClN2. The summed E-state index contributed by atoms with van der Waals surface area (Å²) < 4.78 is 2.16. The highest BCUT2D eigenvalue weighted by Gasteiger charge is 2.19. The van der Waals surface area contributed by atoms with Gasteiger partial charge in [0.2, 0.25) is 0 Å². The zero-order valence-corrected chi connectivity index (χ0v) is 8.93. The maximum Gasteiger partial charge on any atom is 0.0574 e. The summed E-state index contributed by atoms with van der Waals surface area (Å²) in [5.41, 5.74) is 8.65. The first kappa shape index (κ1) is 9.81. The zero-order chi connectivity index (χ0) is 10.1. The van der Waals surface area contributed by atoms with Crippen LogP contribution in [0, 0.1) is 0 Å². The summed E-state index contributed by atoms with van der Waals surface area (Å²) in [4.78, 5) is 0. The van der Waals surface area contributed by atoms with Crippen molar-refractivity contribution in [3.05, 3.63) is 35.1 Å². The van der Waals surface area contributed by atoms with Crippen molar-refractivity contribution in [3.63, 3.8) is 0 Å². The maximum absolute atomic E-state index is 6.02. The van der Waals surface area contributed by atoms with E-state index in [1.54, 1.807) is 0 Å². The number of hydrogen-bond donors (Lipinski definition) is 1. The van der Waals surface area contributed by atoms with Crippen molar-refractivity contribution >= 4 is 11.6 Å². The van der Waals surface area contributed by atoms with Crippen molar-refractivity contribution < 1.29 is 0 Å². The van der Waals surface area contributed by atoms with Crippen LogP contribution >= 0.6 is 11.6 Å². The summed E-state index contributed by atoms with van der Waals surface area (Å²) in [7, 11) is 0. The van der Waals surface area contributed by atoms with E-state index < -0.39 is 0 Å². The smallest absolute Gasteiger partial charge is 0.0574 e. The minimum Gasteiger partial charge on any atom is -0.346 e. The van der Waals surface area contributed by atoms with Gasteiger partial charge in [0.1, 0.15) is 0 Å². The molecule has 0 saturated carbocycles. The molecule has 0 aliphatic heterocycles. The second-order valence-corrected chi connectivity index (χ2v) is 4.40. The molecule has 1 atom stereocenters. The van der Waals surface area contributed by atoms with Crippen molar-refractivity contribution in [1.82, 2.24) is 4.57 Å². The monoisotopic (exact) mass is 210 g/mol. The number of halogens is 1. The lowest BCUT2D eigenvalue weighted by Crippen LogP contribution is -2.18. The molecule has 1 aromatic rings. The van der Waals surface area contributed by atoms with Crippen LogP contribution in [-0.2, 0) is 13.0 Å². The second kappa shape index (κ2) is 3.79. The van der Waals surface area contributed by atoms with E-state index >= 15 is 0 Å². The van der Waals surface area contributed by atoms with E-state index in [4.69, 9.17) is 17.3 Å². The molecule has 0 saturated heterocycles. The van der Waals surface area contributed by atoms with Crippen molar-refractivity contribution in [2.24, 2.45) is 5.73 Å². The molecule has 14 heavy (non-hydrogen) atoms. The van der Waals surface area contributed by atoms with Crippen LogP contribution < -0.4 is 5.73 Å². The molecule has 0 aromatic carbocycles. The predicted molar refractivity (Wildman–Crippen MR) is 59.3 cm³/mol. The molecule has 76 valence electrons. The fourth-order valence-electron chi connectivity index (χ4n) is 2.13. The lowest BCUT2D eigenvalue weighted by Gasteiger charge is -2.20. The Hall–Kier alpha value is -0.730. The maximum atomic E-state index is 6.02. The Morgan fingerprint density at radius 3 is 3.21 bits per heavy atom. The Balaban J connectivity index is 2.31. The number of hydrogen-bond acceptors (Lipinski definition) is 1. The predicted octanol–water partition coefficient (Wildman–Crippen LogP) is 2.58. The number of aromatic nitrogens is 1. The molecule has 3 heteroatoms. The highest BCUT2D eigenvalue weighted by atomic mass is 35.5. The Bertz CT molecular complexity index is 354. The lowest BCUT2D eigenvalue weighted by molar-refractivity contribution is 0.548.